The molecule has 3 rings (SSSR count). The maximum absolute atomic E-state index is 12.3. The number of methoxy groups -OCH3 is 1. The van der Waals surface area contributed by atoms with Crippen LogP contribution in [0.25, 0.3) is 11.3 Å². The van der Waals surface area contributed by atoms with E-state index in [1.165, 1.54) is 6.21 Å². The van der Waals surface area contributed by atoms with Gasteiger partial charge < -0.3 is 9.26 Å². The number of nitrogens with zero attached hydrogens (tertiary/aromatic N) is 2. The Hall–Kier alpha value is -2.78. The molecule has 0 aliphatic carbocycles. The molecule has 0 saturated heterocycles. The van der Waals surface area contributed by atoms with Crippen LogP contribution in [0, 0.1) is 0 Å². The van der Waals surface area contributed by atoms with Crippen LogP contribution in [0.5, 0.6) is 0 Å². The van der Waals surface area contributed by atoms with Crippen molar-refractivity contribution < 1.29 is 18.8 Å². The van der Waals surface area contributed by atoms with Crippen molar-refractivity contribution in [1.29, 1.82) is 0 Å². The second-order valence-corrected chi connectivity index (χ2v) is 7.41. The predicted octanol–water partition coefficient (Wildman–Crippen LogP) is 5.90. The number of carbonyl (C=O) groups is 2. The Kier molecular flexibility index (Phi) is 7.40. The Morgan fingerprint density at radius 3 is 2.19 bits per heavy atom. The summed E-state index contributed by atoms with van der Waals surface area (Å²) >= 11 is 24.4. The molecule has 0 bridgehead atoms. The minimum atomic E-state index is -0.836. The van der Waals surface area contributed by atoms with E-state index in [9.17, 15) is 9.59 Å². The van der Waals surface area contributed by atoms with Gasteiger partial charge in [0.05, 0.1) is 33.4 Å². The van der Waals surface area contributed by atoms with Crippen molar-refractivity contribution in [3.63, 3.8) is 0 Å². The molecule has 160 valence electrons. The highest BCUT2D eigenvalue weighted by Gasteiger charge is 2.28. The summed E-state index contributed by atoms with van der Waals surface area (Å²) in [5.41, 5.74) is 2.69. The van der Waals surface area contributed by atoms with Gasteiger partial charge in [0, 0.05) is 11.1 Å². The van der Waals surface area contributed by atoms with Crippen molar-refractivity contribution in [3.8, 4) is 11.3 Å². The van der Waals surface area contributed by atoms with Crippen molar-refractivity contribution >= 4 is 70.5 Å². The molecule has 8 nitrogen and oxygen atoms in total. The molecular formula is C19H12Cl4N4O4. The predicted molar refractivity (Wildman–Crippen MR) is 120 cm³/mol. The number of esters is 1. The summed E-state index contributed by atoms with van der Waals surface area (Å²) in [6, 6.07) is 8.82. The molecule has 2 aromatic carbocycles. The molecule has 0 unspecified atom stereocenters. The zero-order valence-electron chi connectivity index (χ0n) is 15.6. The van der Waals surface area contributed by atoms with Crippen molar-refractivity contribution in [3.05, 3.63) is 67.6 Å². The number of halogens is 4. The van der Waals surface area contributed by atoms with Gasteiger partial charge in [-0.2, -0.15) is 5.10 Å². The number of nitrogens with one attached hydrogen (secondary N) is 2. The van der Waals surface area contributed by atoms with Gasteiger partial charge in [-0.1, -0.05) is 63.7 Å². The van der Waals surface area contributed by atoms with E-state index in [0.717, 1.165) is 7.11 Å². The lowest BCUT2D eigenvalue weighted by Gasteiger charge is -2.06. The molecule has 12 heteroatoms. The smallest absolute Gasteiger partial charge is 0.345 e. The van der Waals surface area contributed by atoms with Crippen molar-refractivity contribution in [2.45, 2.75) is 0 Å². The molecule has 0 atom stereocenters. The van der Waals surface area contributed by atoms with Gasteiger partial charge in [-0.25, -0.2) is 15.0 Å². The number of hydrogen-bond donors (Lipinski definition) is 2. The molecule has 0 aliphatic rings. The third-order valence-corrected chi connectivity index (χ3v) is 5.16. The topological polar surface area (TPSA) is 106 Å². The van der Waals surface area contributed by atoms with Crippen LogP contribution in [0.3, 0.4) is 0 Å². The monoisotopic (exact) mass is 500 g/mol. The van der Waals surface area contributed by atoms with E-state index >= 15 is 0 Å². The molecule has 0 spiro atoms. The van der Waals surface area contributed by atoms with Gasteiger partial charge in [-0.15, -0.1) is 0 Å². The number of carbonyl (C=O) groups excluding carboxylic acids is 2. The fourth-order valence-corrected chi connectivity index (χ4v) is 3.55. The van der Waals surface area contributed by atoms with Crippen LogP contribution in [-0.2, 0) is 4.74 Å². The van der Waals surface area contributed by atoms with Crippen molar-refractivity contribution in [1.82, 2.24) is 10.6 Å². The first-order valence-corrected chi connectivity index (χ1v) is 9.91. The molecule has 2 N–H and O–H groups in total. The Balaban J connectivity index is 1.85. The van der Waals surface area contributed by atoms with Crippen molar-refractivity contribution in [2.75, 3.05) is 12.4 Å². The molecule has 0 saturated carbocycles. The van der Waals surface area contributed by atoms with Crippen LogP contribution in [0.4, 0.5) is 10.7 Å². The fourth-order valence-electron chi connectivity index (χ4n) is 2.48. The Morgan fingerprint density at radius 1 is 1.03 bits per heavy atom. The second kappa shape index (κ2) is 10.0. The lowest BCUT2D eigenvalue weighted by atomic mass is 10.1. The average molecular weight is 502 g/mol. The zero-order chi connectivity index (χ0) is 22.5. The quantitative estimate of drug-likeness (QED) is 0.257. The van der Waals surface area contributed by atoms with Crippen LogP contribution in [0.15, 0.2) is 46.0 Å². The number of rotatable bonds is 5. The summed E-state index contributed by atoms with van der Waals surface area (Å²) in [7, 11) is 1.16. The van der Waals surface area contributed by atoms with Gasteiger partial charge in [0.15, 0.2) is 5.56 Å². The van der Waals surface area contributed by atoms with Gasteiger partial charge in [0.1, 0.15) is 5.69 Å². The van der Waals surface area contributed by atoms with Gasteiger partial charge >= 0.3 is 12.0 Å². The first-order chi connectivity index (χ1) is 14.8. The molecule has 1 aromatic heterocycles. The molecule has 0 fully saturated rings. The average Bonchev–Trinajstić information content (AvgIpc) is 3.12. The molecule has 2 amide bonds. The summed E-state index contributed by atoms with van der Waals surface area (Å²) in [4.78, 5) is 24.5. The number of hydrazone groups is 1. The van der Waals surface area contributed by atoms with E-state index in [1.807, 2.05) is 0 Å². The van der Waals surface area contributed by atoms with Gasteiger partial charge in [0.25, 0.3) is 0 Å². The summed E-state index contributed by atoms with van der Waals surface area (Å²) in [5, 5.41) is 11.1. The van der Waals surface area contributed by atoms with Gasteiger partial charge in [0.2, 0.25) is 5.88 Å². The highest BCUT2D eigenvalue weighted by molar-refractivity contribution is 6.39. The van der Waals surface area contributed by atoms with Crippen LogP contribution in [-0.4, -0.2) is 30.5 Å². The molecular weight excluding hydrogens is 490 g/mol. The zero-order valence-corrected chi connectivity index (χ0v) is 18.6. The number of urea groups is 1. The van der Waals surface area contributed by atoms with E-state index in [0.29, 0.717) is 15.6 Å². The molecule has 1 heterocycles. The van der Waals surface area contributed by atoms with E-state index < -0.39 is 12.0 Å². The van der Waals surface area contributed by atoms with Crippen LogP contribution in [0.1, 0.15) is 15.9 Å². The molecule has 3 aromatic rings. The maximum atomic E-state index is 12.3. The highest BCUT2D eigenvalue weighted by Crippen LogP contribution is 2.38. The number of aromatic nitrogens is 1. The second-order valence-electron chi connectivity index (χ2n) is 5.78. The maximum Gasteiger partial charge on any atom is 0.345 e. The number of anilines is 1. The Labute approximate surface area is 196 Å². The number of hydrogen-bond acceptors (Lipinski definition) is 6. The van der Waals surface area contributed by atoms with Gasteiger partial charge in [-0.05, 0) is 24.3 Å². The summed E-state index contributed by atoms with van der Waals surface area (Å²) in [6.45, 7) is 0. The highest BCUT2D eigenvalue weighted by atomic mass is 35.5. The van der Waals surface area contributed by atoms with Crippen LogP contribution < -0.4 is 10.7 Å². The number of benzene rings is 2. The number of ether oxygens (including phenoxy) is 1. The summed E-state index contributed by atoms with van der Waals surface area (Å²) in [6.07, 6.45) is 1.26. The fraction of sp³-hybridized carbons (Fsp3) is 0.0526. The van der Waals surface area contributed by atoms with E-state index in [4.69, 9.17) is 55.7 Å². The van der Waals surface area contributed by atoms with E-state index in [-0.39, 0.29) is 32.8 Å². The third-order valence-electron chi connectivity index (χ3n) is 3.87. The van der Waals surface area contributed by atoms with Crippen molar-refractivity contribution in [2.24, 2.45) is 5.10 Å². The Morgan fingerprint density at radius 2 is 1.61 bits per heavy atom. The van der Waals surface area contributed by atoms with Crippen LogP contribution >= 0.6 is 46.4 Å². The summed E-state index contributed by atoms with van der Waals surface area (Å²) in [5.74, 6) is -1.12. The molecule has 0 aliphatic heterocycles. The minimum Gasteiger partial charge on any atom is -0.465 e. The first-order valence-electron chi connectivity index (χ1n) is 8.40. The van der Waals surface area contributed by atoms with Gasteiger partial charge in [-0.3, -0.25) is 5.32 Å². The largest absolute Gasteiger partial charge is 0.465 e. The van der Waals surface area contributed by atoms with Crippen LogP contribution in [0.2, 0.25) is 20.1 Å². The standard InChI is InChI=1S/C19H12Cl4N4O4/c1-30-18(28)15-16(14-12(22)6-3-7-13(14)23)27-31-17(15)25-19(29)26-24-8-9-10(20)4-2-5-11(9)21/h2-8H,1H3,(H2,25,26,29)/b24-8-. The minimum absolute atomic E-state index is 0.00380. The molecule has 31 heavy (non-hydrogen) atoms. The number of amides is 2. The first kappa shape index (κ1) is 22.9. The lowest BCUT2D eigenvalue weighted by molar-refractivity contribution is 0.0602. The normalized spacial score (nSPS) is 10.9. The Bertz CT molecular complexity index is 1140. The molecule has 0 radical (unpaired) electrons. The van der Waals surface area contributed by atoms with E-state index in [2.05, 4.69) is 21.0 Å². The summed E-state index contributed by atoms with van der Waals surface area (Å²) < 4.78 is 9.89. The SMILES string of the molecule is COC(=O)c1c(-c2c(Cl)cccc2Cl)noc1NC(=O)N/N=C\c1c(Cl)cccc1Cl. The third kappa shape index (κ3) is 5.11. The van der Waals surface area contributed by atoms with E-state index in [1.54, 1.807) is 36.4 Å². The lowest BCUT2D eigenvalue weighted by Crippen LogP contribution is -2.25.